The van der Waals surface area contributed by atoms with Gasteiger partial charge in [0.25, 0.3) is 17.7 Å². The van der Waals surface area contributed by atoms with E-state index in [-0.39, 0.29) is 16.7 Å². The number of oxime groups is 1. The maximum Gasteiger partial charge on any atom is 0.355 e. The lowest BCUT2D eigenvalue weighted by molar-refractivity contribution is -0.158. The van der Waals surface area contributed by atoms with Crippen LogP contribution in [0.5, 0.6) is 5.88 Å². The van der Waals surface area contributed by atoms with E-state index in [1.165, 1.54) is 22.0 Å². The van der Waals surface area contributed by atoms with Crippen molar-refractivity contribution in [2.75, 3.05) is 25.2 Å². The molecule has 0 aromatic carbocycles. The fraction of sp³-hybridized carbons (Fsp3) is 0.263. The fourth-order valence-corrected chi connectivity index (χ4v) is 5.28. The van der Waals surface area contributed by atoms with Gasteiger partial charge in [-0.2, -0.15) is 4.98 Å². The van der Waals surface area contributed by atoms with Gasteiger partial charge in [-0.05, 0) is 23.2 Å². The Bertz CT molecular complexity index is 1260. The highest BCUT2D eigenvalue weighted by Gasteiger charge is 2.54. The van der Waals surface area contributed by atoms with Gasteiger partial charge in [0.1, 0.15) is 23.3 Å². The van der Waals surface area contributed by atoms with E-state index in [2.05, 4.69) is 29.8 Å². The van der Waals surface area contributed by atoms with Crippen LogP contribution < -0.4 is 15.9 Å². The van der Waals surface area contributed by atoms with E-state index >= 15 is 0 Å². The molecule has 2 amide bonds. The number of ether oxygens (including phenoxy) is 2. The summed E-state index contributed by atoms with van der Waals surface area (Å²) in [6, 6.07) is -0.916. The van der Waals surface area contributed by atoms with Gasteiger partial charge < -0.3 is 25.4 Å². The molecule has 1 saturated heterocycles. The Kier molecular flexibility index (Phi) is 7.91. The van der Waals surface area contributed by atoms with Gasteiger partial charge >= 0.3 is 11.9 Å². The molecule has 2 unspecified atom stereocenters. The Morgan fingerprint density at radius 3 is 2.86 bits per heavy atom. The van der Waals surface area contributed by atoms with Crippen LogP contribution in [0.1, 0.15) is 5.69 Å². The molecule has 17 heteroatoms. The van der Waals surface area contributed by atoms with E-state index in [4.69, 9.17) is 15.3 Å². The molecule has 4 heterocycles. The number of hydrogen-bond acceptors (Lipinski definition) is 15. The number of thiazole rings is 1. The summed E-state index contributed by atoms with van der Waals surface area (Å²) in [7, 11) is 1.16. The number of allylic oxidation sites excluding steroid dienone is 1. The molecule has 2 aliphatic rings. The largest absolute Gasteiger partial charge is 0.466 e. The van der Waals surface area contributed by atoms with Crippen LogP contribution in [0.3, 0.4) is 0 Å². The van der Waals surface area contributed by atoms with E-state index in [1.807, 2.05) is 0 Å². The van der Waals surface area contributed by atoms with Crippen LogP contribution in [0.15, 0.2) is 33.3 Å². The number of amides is 2. The number of hydrogen-bond donors (Lipinski definition) is 2. The molecule has 2 aromatic heterocycles. The molecule has 2 atom stereocenters. The number of carbonyl (C=O) groups is 4. The molecular formula is C19H17N7O7S3. The molecule has 0 radical (unpaired) electrons. The Hall–Kier alpha value is -3.83. The third kappa shape index (κ3) is 5.69. The van der Waals surface area contributed by atoms with Crippen molar-refractivity contribution in [2.24, 2.45) is 5.16 Å². The predicted octanol–water partition coefficient (Wildman–Crippen LogP) is 0.0250. The van der Waals surface area contributed by atoms with Gasteiger partial charge in [0.15, 0.2) is 11.7 Å². The molecular weight excluding hydrogens is 534 g/mol. The fourth-order valence-electron chi connectivity index (χ4n) is 3.08. The third-order valence-electron chi connectivity index (χ3n) is 4.69. The Morgan fingerprint density at radius 2 is 2.17 bits per heavy atom. The molecule has 14 nitrogen and oxygen atoms in total. The van der Waals surface area contributed by atoms with Crippen molar-refractivity contribution in [3.63, 3.8) is 0 Å². The molecule has 188 valence electrons. The van der Waals surface area contributed by atoms with Gasteiger partial charge in [0.2, 0.25) is 0 Å². The monoisotopic (exact) mass is 551 g/mol. The third-order valence-corrected chi connectivity index (χ3v) is 7.16. The highest BCUT2D eigenvalue weighted by Crippen LogP contribution is 2.41. The summed E-state index contributed by atoms with van der Waals surface area (Å²) < 4.78 is 13.3. The second-order valence-electron chi connectivity index (χ2n) is 6.94. The van der Waals surface area contributed by atoms with E-state index in [0.29, 0.717) is 17.0 Å². The van der Waals surface area contributed by atoms with Crippen molar-refractivity contribution in [3.8, 4) is 5.88 Å². The first-order chi connectivity index (χ1) is 17.4. The molecule has 0 saturated carbocycles. The van der Waals surface area contributed by atoms with Crippen molar-refractivity contribution >= 4 is 75.8 Å². The van der Waals surface area contributed by atoms with Gasteiger partial charge in [0, 0.05) is 11.1 Å². The second kappa shape index (κ2) is 11.3. The molecule has 1 fully saturated rings. The molecule has 0 bridgehead atoms. The maximum atomic E-state index is 12.9. The van der Waals surface area contributed by atoms with E-state index in [0.717, 1.165) is 36.2 Å². The quantitative estimate of drug-likeness (QED) is 0.184. The topological polar surface area (TPSA) is 188 Å². The standard InChI is InChI=1S/C19H17N7O7S3/c1-31-13(28)5-32-18(30)15-9(2-3-10-7-36-25-24-10)6-34-17-14(16(29)26(15)17)22-11(27)4-21-33-12-8-35-19(20)23-12/h2-4,7-8,14,17H,5-6H2,1H3,(H2,20,23)(H,22,27)/b3-2-,21-4-. The first kappa shape index (κ1) is 25.3. The lowest BCUT2D eigenvalue weighted by atomic mass is 10.0. The summed E-state index contributed by atoms with van der Waals surface area (Å²) in [5.74, 6) is -2.40. The highest BCUT2D eigenvalue weighted by molar-refractivity contribution is 8.00. The number of nitrogens with one attached hydrogen (secondary N) is 1. The van der Waals surface area contributed by atoms with Crippen LogP contribution in [-0.2, 0) is 28.7 Å². The Balaban J connectivity index is 1.46. The molecule has 2 aromatic rings. The summed E-state index contributed by atoms with van der Waals surface area (Å²) in [6.45, 7) is -0.618. The first-order valence-electron chi connectivity index (χ1n) is 9.96. The van der Waals surface area contributed by atoms with Crippen LogP contribution in [0, 0.1) is 0 Å². The number of carbonyl (C=O) groups excluding carboxylic acids is 4. The number of β-lactam (4-membered cyclic amide) rings is 1. The molecule has 3 N–H and O–H groups in total. The molecule has 0 aliphatic carbocycles. The molecule has 0 spiro atoms. The van der Waals surface area contributed by atoms with Gasteiger partial charge in [0.05, 0.1) is 18.2 Å². The summed E-state index contributed by atoms with van der Waals surface area (Å²) >= 11 is 3.64. The van der Waals surface area contributed by atoms with Crippen molar-refractivity contribution in [1.29, 1.82) is 0 Å². The van der Waals surface area contributed by atoms with Crippen molar-refractivity contribution in [2.45, 2.75) is 11.4 Å². The zero-order chi connectivity index (χ0) is 25.7. The molecule has 4 rings (SSSR count). The Labute approximate surface area is 215 Å². The highest BCUT2D eigenvalue weighted by atomic mass is 32.2. The number of fused-ring (bicyclic) bond motifs is 1. The van der Waals surface area contributed by atoms with Gasteiger partial charge in [-0.3, -0.25) is 14.5 Å². The normalized spacial score (nSPS) is 19.2. The summed E-state index contributed by atoms with van der Waals surface area (Å²) in [5.41, 5.74) is 6.51. The number of nitrogen functional groups attached to an aromatic ring is 1. The Morgan fingerprint density at radius 1 is 1.33 bits per heavy atom. The van der Waals surface area contributed by atoms with Crippen molar-refractivity contribution in [3.05, 3.63) is 33.8 Å². The van der Waals surface area contributed by atoms with Crippen LogP contribution in [0.2, 0.25) is 0 Å². The molecule has 36 heavy (non-hydrogen) atoms. The second-order valence-corrected chi connectivity index (χ2v) is 9.54. The smallest absolute Gasteiger partial charge is 0.355 e. The average Bonchev–Trinajstić information content (AvgIpc) is 3.55. The number of rotatable bonds is 9. The summed E-state index contributed by atoms with van der Waals surface area (Å²) in [5, 5.41) is 12.9. The SMILES string of the molecule is COC(=O)COC(=O)C1=C(/C=C\c2csnn2)CSC2C(NC(=O)/C=N\Oc3csc(N)n3)C(=O)N12. The van der Waals surface area contributed by atoms with Gasteiger partial charge in [-0.15, -0.1) is 28.2 Å². The lowest BCUT2D eigenvalue weighted by Gasteiger charge is -2.49. The lowest BCUT2D eigenvalue weighted by Crippen LogP contribution is -2.70. The van der Waals surface area contributed by atoms with Gasteiger partial charge in [-0.25, -0.2) is 9.59 Å². The average molecular weight is 552 g/mol. The van der Waals surface area contributed by atoms with Crippen molar-refractivity contribution in [1.82, 2.24) is 24.8 Å². The minimum absolute atomic E-state index is 0.0317. The van der Waals surface area contributed by atoms with Crippen LogP contribution in [0.4, 0.5) is 5.13 Å². The predicted molar refractivity (Wildman–Crippen MR) is 130 cm³/mol. The number of methoxy groups -OCH3 is 1. The van der Waals surface area contributed by atoms with Crippen LogP contribution in [-0.4, -0.2) is 80.3 Å². The van der Waals surface area contributed by atoms with Crippen molar-refractivity contribution < 1.29 is 33.5 Å². The summed E-state index contributed by atoms with van der Waals surface area (Å²) in [4.78, 5) is 59.5. The number of nitrogens with zero attached hydrogens (tertiary/aromatic N) is 5. The van der Waals surface area contributed by atoms with Crippen LogP contribution in [0.25, 0.3) is 6.08 Å². The van der Waals surface area contributed by atoms with E-state index in [9.17, 15) is 19.2 Å². The van der Waals surface area contributed by atoms with E-state index < -0.39 is 41.8 Å². The van der Waals surface area contributed by atoms with Crippen LogP contribution >= 0.6 is 34.6 Å². The number of aromatic nitrogens is 3. The number of anilines is 1. The summed E-state index contributed by atoms with van der Waals surface area (Å²) in [6.07, 6.45) is 4.13. The van der Waals surface area contributed by atoms with Gasteiger partial charge in [-0.1, -0.05) is 15.7 Å². The molecule has 2 aliphatic heterocycles. The minimum atomic E-state index is -0.916. The number of esters is 2. The zero-order valence-electron chi connectivity index (χ0n) is 18.4. The first-order valence-corrected chi connectivity index (χ1v) is 12.7. The van der Waals surface area contributed by atoms with E-state index in [1.54, 1.807) is 17.5 Å². The minimum Gasteiger partial charge on any atom is -0.466 e. The maximum absolute atomic E-state index is 12.9. The number of nitrogens with two attached hydrogens (primary N) is 1. The zero-order valence-corrected chi connectivity index (χ0v) is 20.8. The number of thioether (sulfide) groups is 1.